The number of benzene rings is 3. The standard InChI is InChI=1S/C28H32N2O3S2/c1-19-13-15-21(16-14-19)35(32)30-24(17-29-27(31)33-28(2,3)4)26-22-10-6-5-9-20(22)18-34-25-12-8-7-11-23(25)26/h5-16,24,26,30H,17-18H2,1-4H3,(H,29,31)/t24-,26?,35?/m1/s1. The zero-order valence-corrected chi connectivity index (χ0v) is 22.2. The van der Waals surface area contributed by atoms with Crippen molar-refractivity contribution in [1.82, 2.24) is 10.0 Å². The largest absolute Gasteiger partial charge is 0.593 e. The van der Waals surface area contributed by atoms with E-state index in [1.165, 1.54) is 16.0 Å². The molecule has 1 aliphatic heterocycles. The Morgan fingerprint density at radius 1 is 1.06 bits per heavy atom. The van der Waals surface area contributed by atoms with Gasteiger partial charge in [-0.3, -0.25) is 0 Å². The molecule has 0 saturated heterocycles. The Balaban J connectivity index is 1.70. The lowest BCUT2D eigenvalue weighted by molar-refractivity contribution is 0.0522. The maximum Gasteiger partial charge on any atom is 0.407 e. The molecule has 2 unspecified atom stereocenters. The van der Waals surface area contributed by atoms with Crippen LogP contribution in [-0.2, 0) is 21.9 Å². The van der Waals surface area contributed by atoms with E-state index in [4.69, 9.17) is 4.74 Å². The molecule has 0 spiro atoms. The Labute approximate surface area is 215 Å². The minimum atomic E-state index is -1.47. The van der Waals surface area contributed by atoms with E-state index in [1.807, 2.05) is 70.2 Å². The number of carbonyl (C=O) groups excluding carboxylic acids is 1. The van der Waals surface area contributed by atoms with Crippen molar-refractivity contribution < 1.29 is 14.1 Å². The van der Waals surface area contributed by atoms with Gasteiger partial charge in [0.1, 0.15) is 5.60 Å². The average molecular weight is 509 g/mol. The second kappa shape index (κ2) is 11.1. The Hall–Kier alpha value is -2.45. The van der Waals surface area contributed by atoms with Gasteiger partial charge in [-0.2, -0.15) is 0 Å². The van der Waals surface area contributed by atoms with Gasteiger partial charge in [0, 0.05) is 23.1 Å². The van der Waals surface area contributed by atoms with Gasteiger partial charge in [-0.25, -0.2) is 4.79 Å². The van der Waals surface area contributed by atoms with Gasteiger partial charge < -0.3 is 14.6 Å². The summed E-state index contributed by atoms with van der Waals surface area (Å²) in [6, 6.07) is 24.1. The lowest BCUT2D eigenvalue weighted by Gasteiger charge is -2.30. The van der Waals surface area contributed by atoms with Crippen molar-refractivity contribution in [2.45, 2.75) is 60.8 Å². The Kier molecular flexibility index (Phi) is 8.12. The van der Waals surface area contributed by atoms with E-state index < -0.39 is 23.1 Å². The second-order valence-electron chi connectivity index (χ2n) is 9.69. The van der Waals surface area contributed by atoms with Gasteiger partial charge >= 0.3 is 6.09 Å². The van der Waals surface area contributed by atoms with Gasteiger partial charge in [0.15, 0.2) is 4.90 Å². The van der Waals surface area contributed by atoms with Gasteiger partial charge in [-0.15, -0.1) is 16.5 Å². The highest BCUT2D eigenvalue weighted by atomic mass is 32.2. The lowest BCUT2D eigenvalue weighted by atomic mass is 9.83. The van der Waals surface area contributed by atoms with Crippen LogP contribution >= 0.6 is 11.8 Å². The molecule has 1 aliphatic rings. The summed E-state index contributed by atoms with van der Waals surface area (Å²) in [5.74, 6) is 0.749. The average Bonchev–Trinajstić information content (AvgIpc) is 2.98. The molecule has 0 aromatic heterocycles. The highest BCUT2D eigenvalue weighted by Gasteiger charge is 2.34. The third kappa shape index (κ3) is 6.61. The third-order valence-corrected chi connectivity index (χ3v) is 8.14. The van der Waals surface area contributed by atoms with E-state index in [-0.39, 0.29) is 18.5 Å². The number of fused-ring (bicyclic) bond motifs is 2. The molecule has 184 valence electrons. The van der Waals surface area contributed by atoms with Crippen molar-refractivity contribution >= 4 is 29.2 Å². The zero-order valence-electron chi connectivity index (χ0n) is 20.5. The molecule has 5 nitrogen and oxygen atoms in total. The monoisotopic (exact) mass is 508 g/mol. The van der Waals surface area contributed by atoms with Crippen molar-refractivity contribution in [2.24, 2.45) is 0 Å². The number of rotatable bonds is 6. The summed E-state index contributed by atoms with van der Waals surface area (Å²) < 4.78 is 22.3. The molecule has 4 rings (SSSR count). The maximum atomic E-state index is 13.4. The Bertz CT molecular complexity index is 1110. The fraction of sp³-hybridized carbons (Fsp3) is 0.321. The highest BCUT2D eigenvalue weighted by molar-refractivity contribution is 7.98. The summed E-state index contributed by atoms with van der Waals surface area (Å²) in [5, 5.41) is 2.92. The molecule has 1 amide bonds. The first kappa shape index (κ1) is 25.6. The van der Waals surface area contributed by atoms with E-state index in [9.17, 15) is 9.35 Å². The first-order valence-corrected chi connectivity index (χ1v) is 13.9. The van der Waals surface area contributed by atoms with E-state index in [2.05, 4.69) is 40.4 Å². The molecule has 1 heterocycles. The molecular weight excluding hydrogens is 476 g/mol. The van der Waals surface area contributed by atoms with Crippen LogP contribution in [0.1, 0.15) is 48.9 Å². The fourth-order valence-corrected chi connectivity index (χ4v) is 6.32. The molecule has 0 aliphatic carbocycles. The molecular formula is C28H32N2O3S2. The van der Waals surface area contributed by atoms with E-state index in [0.29, 0.717) is 4.90 Å². The quantitative estimate of drug-likeness (QED) is 0.403. The van der Waals surface area contributed by atoms with E-state index >= 15 is 0 Å². The van der Waals surface area contributed by atoms with Gasteiger partial charge in [-0.1, -0.05) is 60.2 Å². The molecule has 35 heavy (non-hydrogen) atoms. The number of ether oxygens (including phenoxy) is 1. The van der Waals surface area contributed by atoms with Gasteiger partial charge in [0.05, 0.1) is 17.4 Å². The molecule has 7 heteroatoms. The maximum absolute atomic E-state index is 13.4. The second-order valence-corrected chi connectivity index (χ2v) is 12.0. The number of hydrogen-bond acceptors (Lipinski definition) is 5. The van der Waals surface area contributed by atoms with Gasteiger partial charge in [0.25, 0.3) is 0 Å². The number of aryl methyl sites for hydroxylation is 1. The molecule has 0 radical (unpaired) electrons. The molecule has 3 aromatic carbocycles. The Morgan fingerprint density at radius 3 is 2.43 bits per heavy atom. The smallest absolute Gasteiger partial charge is 0.407 e. The van der Waals surface area contributed by atoms with Crippen LogP contribution in [0.15, 0.2) is 82.6 Å². The van der Waals surface area contributed by atoms with Crippen LogP contribution in [0.5, 0.6) is 0 Å². The fourth-order valence-electron chi connectivity index (χ4n) is 4.20. The number of alkyl carbamates (subject to hydrolysis) is 1. The lowest BCUT2D eigenvalue weighted by Crippen LogP contribution is -2.48. The first-order valence-electron chi connectivity index (χ1n) is 11.7. The topological polar surface area (TPSA) is 73.4 Å². The molecule has 0 fully saturated rings. The van der Waals surface area contributed by atoms with Crippen LogP contribution in [0.4, 0.5) is 4.79 Å². The minimum Gasteiger partial charge on any atom is -0.593 e. The van der Waals surface area contributed by atoms with Crippen molar-refractivity contribution in [1.29, 1.82) is 0 Å². The molecule has 0 bridgehead atoms. The number of nitrogens with one attached hydrogen (secondary N) is 2. The van der Waals surface area contributed by atoms with Crippen LogP contribution in [0.3, 0.4) is 0 Å². The SMILES string of the molecule is Cc1ccc([S+]([O-])N[C@H](CNC(=O)OC(C)(C)C)C2c3ccccc3CSc3ccccc32)cc1. The molecule has 3 aromatic rings. The number of thioether (sulfide) groups is 1. The van der Waals surface area contributed by atoms with E-state index in [1.54, 1.807) is 11.8 Å². The predicted octanol–water partition coefficient (Wildman–Crippen LogP) is 5.94. The molecule has 3 atom stereocenters. The number of carbonyl (C=O) groups is 1. The predicted molar refractivity (Wildman–Crippen MR) is 143 cm³/mol. The van der Waals surface area contributed by atoms with Crippen molar-refractivity contribution in [3.8, 4) is 0 Å². The highest BCUT2D eigenvalue weighted by Crippen LogP contribution is 2.42. The summed E-state index contributed by atoms with van der Waals surface area (Å²) in [7, 11) is 0. The van der Waals surface area contributed by atoms with Gasteiger partial charge in [-0.05, 0) is 62.6 Å². The zero-order chi connectivity index (χ0) is 25.0. The van der Waals surface area contributed by atoms with Crippen molar-refractivity contribution in [3.63, 3.8) is 0 Å². The van der Waals surface area contributed by atoms with Crippen LogP contribution in [0.25, 0.3) is 0 Å². The number of hydrogen-bond donors (Lipinski definition) is 2. The van der Waals surface area contributed by atoms with Crippen LogP contribution in [0, 0.1) is 6.92 Å². The summed E-state index contributed by atoms with van der Waals surface area (Å²) in [6.07, 6.45) is -0.491. The van der Waals surface area contributed by atoms with Crippen LogP contribution < -0.4 is 10.0 Å². The summed E-state index contributed by atoms with van der Waals surface area (Å²) in [6.45, 7) is 7.77. The Morgan fingerprint density at radius 2 is 1.71 bits per heavy atom. The third-order valence-electron chi connectivity index (χ3n) is 5.79. The van der Waals surface area contributed by atoms with Gasteiger partial charge in [0.2, 0.25) is 0 Å². The summed E-state index contributed by atoms with van der Waals surface area (Å²) in [5.41, 5.74) is 4.08. The summed E-state index contributed by atoms with van der Waals surface area (Å²) >= 11 is 0.341. The van der Waals surface area contributed by atoms with E-state index in [0.717, 1.165) is 16.9 Å². The van der Waals surface area contributed by atoms with Crippen molar-refractivity contribution in [2.75, 3.05) is 6.54 Å². The molecule has 2 N–H and O–H groups in total. The first-order chi connectivity index (χ1) is 16.7. The molecule has 0 saturated carbocycles. The van der Waals surface area contributed by atoms with Crippen molar-refractivity contribution in [3.05, 3.63) is 95.1 Å². The minimum absolute atomic E-state index is 0.110. The number of amides is 1. The van der Waals surface area contributed by atoms with Crippen LogP contribution in [0.2, 0.25) is 0 Å². The van der Waals surface area contributed by atoms with Crippen LogP contribution in [-0.4, -0.2) is 28.8 Å². The normalized spacial score (nSPS) is 16.9. The summed E-state index contributed by atoms with van der Waals surface area (Å²) in [4.78, 5) is 14.4.